The molecule has 1 fully saturated rings. The summed E-state index contributed by atoms with van der Waals surface area (Å²) in [5, 5.41) is 45.3. The quantitative estimate of drug-likeness (QED) is 0.0193. The van der Waals surface area contributed by atoms with Crippen LogP contribution >= 0.6 is 0 Å². The molecule has 1 aliphatic rings. The number of aliphatic hydroxyl groups excluding tert-OH is 4. The van der Waals surface area contributed by atoms with E-state index in [4.69, 9.17) is 9.47 Å². The van der Waals surface area contributed by atoms with Gasteiger partial charge in [0.2, 0.25) is 5.91 Å². The number of hydrogen-bond acceptors (Lipinski definition) is 10. The highest BCUT2D eigenvalue weighted by atomic mass is 32.3. The van der Waals surface area contributed by atoms with Gasteiger partial charge in [-0.25, -0.2) is 4.18 Å². The monoisotopic (exact) mass is 1310 g/mol. The Kier molecular flexibility index (Phi) is 64.2. The summed E-state index contributed by atoms with van der Waals surface area (Å²) in [6.45, 7) is 3.47. The fourth-order valence-corrected chi connectivity index (χ4v) is 13.4. The Morgan fingerprint density at radius 1 is 0.440 bits per heavy atom. The maximum Gasteiger partial charge on any atom is 0.397 e. The number of amides is 1. The van der Waals surface area contributed by atoms with Crippen LogP contribution in [0.1, 0.15) is 399 Å². The van der Waals surface area contributed by atoms with Crippen molar-refractivity contribution in [1.29, 1.82) is 0 Å². The van der Waals surface area contributed by atoms with E-state index in [0.29, 0.717) is 6.42 Å². The van der Waals surface area contributed by atoms with Crippen molar-refractivity contribution in [2.24, 2.45) is 0 Å². The molecule has 538 valence electrons. The Bertz CT molecular complexity index is 1730. The molecule has 0 aromatic heterocycles. The lowest BCUT2D eigenvalue weighted by molar-refractivity contribution is -0.298. The second-order valence-corrected chi connectivity index (χ2v) is 28.7. The second kappa shape index (κ2) is 66.9. The van der Waals surface area contributed by atoms with Gasteiger partial charge in [0.1, 0.15) is 24.4 Å². The van der Waals surface area contributed by atoms with Gasteiger partial charge >= 0.3 is 10.4 Å². The Balaban J connectivity index is 2.17. The van der Waals surface area contributed by atoms with Gasteiger partial charge in [0.25, 0.3) is 0 Å². The van der Waals surface area contributed by atoms with Crippen molar-refractivity contribution in [2.45, 2.75) is 442 Å². The lowest BCUT2D eigenvalue weighted by Gasteiger charge is -2.41. The molecule has 7 atom stereocenters. The average molecular weight is 1310 g/mol. The summed E-state index contributed by atoms with van der Waals surface area (Å²) in [5.74, 6) is -0.255. The molecule has 0 aliphatic carbocycles. The minimum absolute atomic E-state index is 0.255. The van der Waals surface area contributed by atoms with Crippen LogP contribution in [-0.2, 0) is 28.9 Å². The van der Waals surface area contributed by atoms with E-state index < -0.39 is 59.9 Å². The van der Waals surface area contributed by atoms with Gasteiger partial charge in [0.15, 0.2) is 6.29 Å². The number of aliphatic hydroxyl groups is 4. The zero-order chi connectivity index (χ0) is 66.0. The van der Waals surface area contributed by atoms with Gasteiger partial charge in [-0.05, 0) is 51.4 Å². The topological polar surface area (TPSA) is 192 Å². The van der Waals surface area contributed by atoms with Crippen LogP contribution in [0.4, 0.5) is 0 Å². The third-order valence-corrected chi connectivity index (χ3v) is 19.4. The van der Waals surface area contributed by atoms with Crippen LogP contribution in [0.3, 0.4) is 0 Å². The lowest BCUT2D eigenvalue weighted by Crippen LogP contribution is -2.61. The van der Waals surface area contributed by atoms with Crippen LogP contribution < -0.4 is 5.32 Å². The minimum Gasteiger partial charge on any atom is -0.394 e. The number of allylic oxidation sites excluding steroid dienone is 5. The Morgan fingerprint density at radius 3 is 1.04 bits per heavy atom. The molecule has 0 aromatic carbocycles. The molecule has 0 spiro atoms. The summed E-state index contributed by atoms with van der Waals surface area (Å²) in [6.07, 6.45) is 81.1. The SMILES string of the molecule is CCCCCCCCCCCCCCCCC/C=C\C/C=C\CCCCCCCCCCCCCCCCCCCC(=O)NC(COC1OC(CO)C(O)C(OS(=O)(=O)O)C1O)C(O)/C=C/CCCCCCCCCCCCCCCCCCCCCCCCC. The van der Waals surface area contributed by atoms with E-state index in [9.17, 15) is 38.2 Å². The predicted octanol–water partition coefficient (Wildman–Crippen LogP) is 21.6. The Labute approximate surface area is 562 Å². The molecule has 91 heavy (non-hydrogen) atoms. The molecule has 7 unspecified atom stereocenters. The molecule has 1 heterocycles. The molecule has 6 N–H and O–H groups in total. The van der Waals surface area contributed by atoms with Crippen LogP contribution in [-0.4, -0.2) is 95.4 Å². The van der Waals surface area contributed by atoms with Gasteiger partial charge in [0.05, 0.1) is 25.4 Å². The number of carbonyl (C=O) groups is 1. The number of carbonyl (C=O) groups excluding carboxylic acids is 1. The van der Waals surface area contributed by atoms with Crippen molar-refractivity contribution < 1.29 is 51.8 Å². The normalized spacial score (nSPS) is 18.0. The van der Waals surface area contributed by atoms with Gasteiger partial charge in [-0.15, -0.1) is 0 Å². The van der Waals surface area contributed by atoms with Crippen molar-refractivity contribution in [3.8, 4) is 0 Å². The summed E-state index contributed by atoms with van der Waals surface area (Å²) in [7, 11) is -5.10. The van der Waals surface area contributed by atoms with E-state index in [2.05, 4.69) is 47.7 Å². The van der Waals surface area contributed by atoms with E-state index in [1.807, 2.05) is 6.08 Å². The molecule has 13 heteroatoms. The van der Waals surface area contributed by atoms with E-state index >= 15 is 0 Å². The van der Waals surface area contributed by atoms with Gasteiger partial charge < -0.3 is 35.2 Å². The number of hydrogen-bond donors (Lipinski definition) is 6. The van der Waals surface area contributed by atoms with Crippen molar-refractivity contribution in [1.82, 2.24) is 5.32 Å². The first-order valence-corrected chi connectivity index (χ1v) is 40.7. The van der Waals surface area contributed by atoms with Crippen LogP contribution in [0.5, 0.6) is 0 Å². The van der Waals surface area contributed by atoms with Crippen molar-refractivity contribution >= 4 is 16.3 Å². The van der Waals surface area contributed by atoms with E-state index in [1.165, 1.54) is 327 Å². The van der Waals surface area contributed by atoms with Gasteiger partial charge in [-0.1, -0.05) is 378 Å². The number of rotatable bonds is 71. The Morgan fingerprint density at radius 2 is 0.736 bits per heavy atom. The van der Waals surface area contributed by atoms with Crippen molar-refractivity contribution in [3.63, 3.8) is 0 Å². The molecule has 0 bridgehead atoms. The first kappa shape index (κ1) is 87.3. The van der Waals surface area contributed by atoms with E-state index in [-0.39, 0.29) is 18.9 Å². The molecule has 0 radical (unpaired) electrons. The first-order chi connectivity index (χ1) is 44.5. The summed E-state index contributed by atoms with van der Waals surface area (Å²) in [6, 6.07) is -0.946. The zero-order valence-electron chi connectivity index (χ0n) is 59.4. The molecule has 0 aromatic rings. The maximum absolute atomic E-state index is 13.2. The third kappa shape index (κ3) is 58.2. The summed E-state index contributed by atoms with van der Waals surface area (Å²) in [5.41, 5.74) is 0. The van der Waals surface area contributed by atoms with Crippen LogP contribution in [0.2, 0.25) is 0 Å². The molecule has 1 aliphatic heterocycles. The van der Waals surface area contributed by atoms with Crippen molar-refractivity contribution in [2.75, 3.05) is 13.2 Å². The van der Waals surface area contributed by atoms with Crippen molar-refractivity contribution in [3.05, 3.63) is 36.5 Å². The van der Waals surface area contributed by atoms with E-state index in [0.717, 1.165) is 44.9 Å². The summed E-state index contributed by atoms with van der Waals surface area (Å²) in [4.78, 5) is 13.2. The summed E-state index contributed by atoms with van der Waals surface area (Å²) >= 11 is 0. The van der Waals surface area contributed by atoms with E-state index in [1.54, 1.807) is 6.08 Å². The predicted molar refractivity (Wildman–Crippen MR) is 384 cm³/mol. The molecule has 1 saturated heterocycles. The number of nitrogens with one attached hydrogen (secondary N) is 1. The standard InChI is InChI=1S/C78H149NO11S/c1-3-5-7-9-11-13-15-17-19-21-23-25-27-29-30-31-32-33-34-35-36-37-38-39-40-41-42-44-46-48-50-52-54-56-58-60-62-64-66-68-74(82)79-71(70-88-78-76(84)77(90-91(85,86)87)75(83)73(69-80)89-78)72(81)67-65-63-61-59-57-55-53-51-49-47-45-43-28-26-24-22-20-18-16-14-12-10-8-6-4-2/h32-33,35-36,65,67,71-73,75-78,80-81,83-84H,3-31,34,37-64,66,68-70H2,1-2H3,(H,79,82)(H,85,86,87)/b33-32-,36-35-,67-65+. The van der Waals surface area contributed by atoms with Crippen LogP contribution in [0, 0.1) is 0 Å². The average Bonchev–Trinajstić information content (AvgIpc) is 1.72. The zero-order valence-corrected chi connectivity index (χ0v) is 60.3. The van der Waals surface area contributed by atoms with Crippen LogP contribution in [0.25, 0.3) is 0 Å². The maximum atomic E-state index is 13.2. The van der Waals surface area contributed by atoms with Gasteiger partial charge in [-0.2, -0.15) is 8.42 Å². The lowest BCUT2D eigenvalue weighted by atomic mass is 9.99. The minimum atomic E-state index is -5.10. The highest BCUT2D eigenvalue weighted by Gasteiger charge is 2.48. The third-order valence-electron chi connectivity index (χ3n) is 18.9. The largest absolute Gasteiger partial charge is 0.397 e. The molecule has 0 saturated carbocycles. The molecule has 12 nitrogen and oxygen atoms in total. The van der Waals surface area contributed by atoms with Crippen LogP contribution in [0.15, 0.2) is 36.5 Å². The van der Waals surface area contributed by atoms with Gasteiger partial charge in [-0.3, -0.25) is 9.35 Å². The molecule has 1 rings (SSSR count). The first-order valence-electron chi connectivity index (χ1n) is 39.4. The second-order valence-electron chi connectivity index (χ2n) is 27.7. The molecular weight excluding hydrogens is 1160 g/mol. The smallest absolute Gasteiger partial charge is 0.394 e. The van der Waals surface area contributed by atoms with Gasteiger partial charge in [0, 0.05) is 6.42 Å². The number of unbranched alkanes of at least 4 members (excludes halogenated alkanes) is 55. The fourth-order valence-electron chi connectivity index (χ4n) is 12.9. The molecule has 1 amide bonds. The summed E-state index contributed by atoms with van der Waals surface area (Å²) < 4.78 is 48.1. The Hall–Kier alpha value is -1.68. The highest BCUT2D eigenvalue weighted by Crippen LogP contribution is 2.27. The highest BCUT2D eigenvalue weighted by molar-refractivity contribution is 7.80. The number of ether oxygens (including phenoxy) is 2. The fraction of sp³-hybridized carbons (Fsp3) is 0.910. The molecular formula is C78H149NO11S.